The number of aliphatic carboxylic acids is 1. The molecular formula is C21H16FN2NaO2. The van der Waals surface area contributed by atoms with E-state index in [2.05, 4.69) is 4.98 Å². The van der Waals surface area contributed by atoms with Crippen LogP contribution in [0.4, 0.5) is 4.39 Å². The van der Waals surface area contributed by atoms with Crippen molar-refractivity contribution in [1.82, 2.24) is 9.55 Å². The van der Waals surface area contributed by atoms with Crippen molar-refractivity contribution in [2.45, 2.75) is 20.4 Å². The molecule has 6 heteroatoms. The van der Waals surface area contributed by atoms with Gasteiger partial charge in [0.15, 0.2) is 0 Å². The summed E-state index contributed by atoms with van der Waals surface area (Å²) in [5, 5.41) is 12.9. The van der Waals surface area contributed by atoms with Crippen molar-refractivity contribution in [3.05, 3.63) is 65.7 Å². The fourth-order valence-corrected chi connectivity index (χ4v) is 3.61. The molecule has 0 saturated heterocycles. The van der Waals surface area contributed by atoms with Gasteiger partial charge in [0.2, 0.25) is 0 Å². The largest absolute Gasteiger partial charge is 1.00 e. The summed E-state index contributed by atoms with van der Waals surface area (Å²) in [6.07, 6.45) is 1.69. The molecule has 0 fully saturated rings. The van der Waals surface area contributed by atoms with Crippen LogP contribution < -0.4 is 34.7 Å². The molecule has 2 aromatic heterocycles. The normalized spacial score (nSPS) is 10.9. The van der Waals surface area contributed by atoms with Crippen molar-refractivity contribution in [2.24, 2.45) is 0 Å². The van der Waals surface area contributed by atoms with Crippen LogP contribution in [-0.2, 0) is 11.3 Å². The van der Waals surface area contributed by atoms with Crippen LogP contribution in [0, 0.1) is 19.7 Å². The number of fused-ring (bicyclic) bond motifs is 2. The van der Waals surface area contributed by atoms with Gasteiger partial charge in [0.1, 0.15) is 5.82 Å². The number of aryl methyl sites for hydroxylation is 1. The van der Waals surface area contributed by atoms with Crippen molar-refractivity contribution in [3.63, 3.8) is 0 Å². The molecule has 27 heavy (non-hydrogen) atoms. The van der Waals surface area contributed by atoms with Gasteiger partial charge in [-0.15, -0.1) is 0 Å². The summed E-state index contributed by atoms with van der Waals surface area (Å²) >= 11 is 0. The zero-order valence-electron chi connectivity index (χ0n) is 15.4. The zero-order chi connectivity index (χ0) is 18.4. The Morgan fingerprint density at radius 2 is 1.89 bits per heavy atom. The van der Waals surface area contributed by atoms with E-state index in [0.29, 0.717) is 10.9 Å². The number of benzene rings is 2. The van der Waals surface area contributed by atoms with Crippen LogP contribution in [0.2, 0.25) is 0 Å². The summed E-state index contributed by atoms with van der Waals surface area (Å²) in [7, 11) is 0. The Labute approximate surface area is 177 Å². The molecular weight excluding hydrogens is 354 g/mol. The van der Waals surface area contributed by atoms with Crippen LogP contribution in [0.3, 0.4) is 0 Å². The molecule has 0 aliphatic heterocycles. The summed E-state index contributed by atoms with van der Waals surface area (Å²) in [4.78, 5) is 15.6. The van der Waals surface area contributed by atoms with E-state index in [1.165, 1.54) is 12.1 Å². The van der Waals surface area contributed by atoms with Gasteiger partial charge in [-0.25, -0.2) is 4.39 Å². The zero-order valence-corrected chi connectivity index (χ0v) is 17.4. The molecule has 0 N–H and O–H groups in total. The summed E-state index contributed by atoms with van der Waals surface area (Å²) in [6.45, 7) is 3.63. The van der Waals surface area contributed by atoms with E-state index in [4.69, 9.17) is 0 Å². The first kappa shape index (κ1) is 19.5. The molecule has 4 rings (SSSR count). The number of hydrogen-bond acceptors (Lipinski definition) is 3. The summed E-state index contributed by atoms with van der Waals surface area (Å²) < 4.78 is 15.6. The van der Waals surface area contributed by atoms with Crippen LogP contribution in [0.15, 0.2) is 48.7 Å². The molecule has 0 saturated carbocycles. The fraction of sp³-hybridized carbons (Fsp3) is 0.143. The van der Waals surface area contributed by atoms with E-state index in [0.717, 1.165) is 33.3 Å². The Morgan fingerprint density at radius 1 is 1.11 bits per heavy atom. The number of carboxylic acid groups (broad SMARTS) is 1. The number of carbonyl (C=O) groups excluding carboxylic acids is 1. The summed E-state index contributed by atoms with van der Waals surface area (Å²) in [6, 6.07) is 12.2. The molecule has 0 amide bonds. The second-order valence-corrected chi connectivity index (χ2v) is 6.46. The molecule has 0 atom stereocenters. The smallest absolute Gasteiger partial charge is 0.548 e. The van der Waals surface area contributed by atoms with Crippen LogP contribution in [0.1, 0.15) is 11.3 Å². The SMILES string of the molecule is Cc1ccc2c(c1)c(-c1ccnc3ccc(F)cc13)c(C)n2CC(=O)[O-].[Na+]. The number of carbonyl (C=O) groups is 1. The Bertz CT molecular complexity index is 1180. The second-order valence-electron chi connectivity index (χ2n) is 6.46. The Morgan fingerprint density at radius 3 is 2.63 bits per heavy atom. The average Bonchev–Trinajstić information content (AvgIpc) is 2.85. The maximum Gasteiger partial charge on any atom is 1.00 e. The van der Waals surface area contributed by atoms with Gasteiger partial charge >= 0.3 is 29.6 Å². The first-order chi connectivity index (χ1) is 12.5. The van der Waals surface area contributed by atoms with Gasteiger partial charge in [-0.05, 0) is 55.8 Å². The molecule has 0 aliphatic rings. The molecule has 0 radical (unpaired) electrons. The number of hydrogen-bond donors (Lipinski definition) is 0. The topological polar surface area (TPSA) is 58.0 Å². The molecule has 4 nitrogen and oxygen atoms in total. The van der Waals surface area contributed by atoms with Crippen molar-refractivity contribution in [1.29, 1.82) is 0 Å². The molecule has 0 bridgehead atoms. The number of pyridine rings is 1. The molecule has 0 spiro atoms. The van der Waals surface area contributed by atoms with Gasteiger partial charge in [-0.2, -0.15) is 0 Å². The van der Waals surface area contributed by atoms with Crippen LogP contribution in [-0.4, -0.2) is 15.5 Å². The Kier molecular flexibility index (Phi) is 5.38. The van der Waals surface area contributed by atoms with Crippen LogP contribution >= 0.6 is 0 Å². The van der Waals surface area contributed by atoms with Crippen molar-refractivity contribution in [2.75, 3.05) is 0 Å². The third-order valence-corrected chi connectivity index (χ3v) is 4.74. The second kappa shape index (κ2) is 7.43. The number of carboxylic acids is 1. The predicted molar refractivity (Wildman–Crippen MR) is 97.1 cm³/mol. The maximum atomic E-state index is 13.9. The molecule has 2 heterocycles. The van der Waals surface area contributed by atoms with E-state index in [1.54, 1.807) is 16.8 Å². The Balaban J connectivity index is 0.00000210. The minimum atomic E-state index is -1.15. The molecule has 130 valence electrons. The summed E-state index contributed by atoms with van der Waals surface area (Å²) in [5.41, 5.74) is 5.09. The standard InChI is InChI=1S/C21H17FN2O2.Na/c1-12-3-6-19-17(9-12)21(13(2)24(19)11-20(25)26)15-7-8-23-18-5-4-14(22)10-16(15)18;/h3-10H,11H2,1-2H3,(H,25,26);/q;+1/p-1. The fourth-order valence-electron chi connectivity index (χ4n) is 3.61. The van der Waals surface area contributed by atoms with E-state index >= 15 is 0 Å². The van der Waals surface area contributed by atoms with Gasteiger partial charge in [-0.3, -0.25) is 4.98 Å². The maximum absolute atomic E-state index is 13.9. The van der Waals surface area contributed by atoms with Crippen LogP contribution in [0.25, 0.3) is 32.9 Å². The first-order valence-electron chi connectivity index (χ1n) is 8.29. The molecule has 0 unspecified atom stereocenters. The quantitative estimate of drug-likeness (QED) is 0.490. The third kappa shape index (κ3) is 3.38. The molecule has 0 aliphatic carbocycles. The number of rotatable bonds is 3. The molecule has 2 aromatic carbocycles. The average molecular weight is 370 g/mol. The van der Waals surface area contributed by atoms with Crippen LogP contribution in [0.5, 0.6) is 0 Å². The van der Waals surface area contributed by atoms with E-state index in [9.17, 15) is 14.3 Å². The predicted octanol–water partition coefficient (Wildman–Crippen LogP) is 0.366. The minimum Gasteiger partial charge on any atom is -0.548 e. The van der Waals surface area contributed by atoms with Crippen molar-refractivity contribution < 1.29 is 43.8 Å². The molecule has 4 aromatic rings. The minimum absolute atomic E-state index is 0. The van der Waals surface area contributed by atoms with Gasteiger partial charge in [0, 0.05) is 33.7 Å². The van der Waals surface area contributed by atoms with Gasteiger partial charge in [0.05, 0.1) is 18.0 Å². The van der Waals surface area contributed by atoms with Crippen molar-refractivity contribution in [3.8, 4) is 11.1 Å². The number of halogens is 1. The third-order valence-electron chi connectivity index (χ3n) is 4.74. The number of nitrogens with zero attached hydrogens (tertiary/aromatic N) is 2. The van der Waals surface area contributed by atoms with Crippen molar-refractivity contribution >= 4 is 27.8 Å². The van der Waals surface area contributed by atoms with Gasteiger partial charge < -0.3 is 14.5 Å². The van der Waals surface area contributed by atoms with E-state index in [1.807, 2.05) is 38.1 Å². The monoisotopic (exact) mass is 370 g/mol. The van der Waals surface area contributed by atoms with E-state index < -0.39 is 5.97 Å². The Hall–Kier alpha value is -2.21. The first-order valence-corrected chi connectivity index (χ1v) is 8.29. The summed E-state index contributed by atoms with van der Waals surface area (Å²) in [5.74, 6) is -1.48. The van der Waals surface area contributed by atoms with Gasteiger partial charge in [0.25, 0.3) is 0 Å². The number of aromatic nitrogens is 2. The van der Waals surface area contributed by atoms with Gasteiger partial charge in [-0.1, -0.05) is 11.6 Å². The van der Waals surface area contributed by atoms with E-state index in [-0.39, 0.29) is 41.9 Å².